The molecule has 22 heavy (non-hydrogen) atoms. The van der Waals surface area contributed by atoms with E-state index < -0.39 is 16.4 Å². The smallest absolute Gasteiger partial charge is 0.246 e. The molecule has 0 N–H and O–H groups in total. The van der Waals surface area contributed by atoms with E-state index in [1.165, 1.54) is 68.1 Å². The maximum atomic E-state index is 6.84. The fourth-order valence-electron chi connectivity index (χ4n) is 3.37. The second-order valence-corrected chi connectivity index (χ2v) is 17.4. The van der Waals surface area contributed by atoms with Crippen LogP contribution < -0.4 is 0 Å². The normalized spacial score (nSPS) is 18.5. The van der Waals surface area contributed by atoms with E-state index in [0.29, 0.717) is 0 Å². The Morgan fingerprint density at radius 2 is 1.45 bits per heavy atom. The Balaban J connectivity index is 2.89. The van der Waals surface area contributed by atoms with Gasteiger partial charge in [-0.15, -0.1) is 0 Å². The van der Waals surface area contributed by atoms with Gasteiger partial charge in [-0.3, -0.25) is 0 Å². The van der Waals surface area contributed by atoms with Crippen molar-refractivity contribution in [2.24, 2.45) is 5.92 Å². The highest BCUT2D eigenvalue weighted by Gasteiger charge is 2.35. The van der Waals surface area contributed by atoms with Gasteiger partial charge in [0.2, 0.25) is 8.32 Å². The molecule has 1 saturated carbocycles. The number of hydrogen-bond donors (Lipinski definition) is 0. The fourth-order valence-corrected chi connectivity index (χ4v) is 8.30. The van der Waals surface area contributed by atoms with Gasteiger partial charge in [0, 0.05) is 0 Å². The SMILES string of the molecule is CC[Si](C)(CC)O/C(=C\CC1CCCCC1)[Si](C)(CC)CC. The Kier molecular flexibility index (Phi) is 8.47. The molecular formula is C19H40OSi2. The van der Waals surface area contributed by atoms with Gasteiger partial charge in [-0.05, 0) is 31.0 Å². The molecule has 130 valence electrons. The molecule has 0 heterocycles. The summed E-state index contributed by atoms with van der Waals surface area (Å²) in [5.74, 6) is 0.926. The Labute approximate surface area is 142 Å². The van der Waals surface area contributed by atoms with Gasteiger partial charge in [-0.2, -0.15) is 0 Å². The molecule has 3 heteroatoms. The van der Waals surface area contributed by atoms with Gasteiger partial charge in [-0.1, -0.05) is 84.5 Å². The molecule has 0 aliphatic heterocycles. The molecule has 0 radical (unpaired) electrons. The predicted octanol–water partition coefficient (Wildman–Crippen LogP) is 7.13. The fraction of sp³-hybridized carbons (Fsp3) is 0.895. The van der Waals surface area contributed by atoms with Crippen LogP contribution in [0.15, 0.2) is 11.5 Å². The lowest BCUT2D eigenvalue weighted by atomic mass is 9.87. The van der Waals surface area contributed by atoms with Crippen molar-refractivity contribution >= 4 is 16.4 Å². The molecule has 0 amide bonds. The van der Waals surface area contributed by atoms with Crippen LogP contribution in [0.5, 0.6) is 0 Å². The van der Waals surface area contributed by atoms with Gasteiger partial charge in [0.05, 0.1) is 5.38 Å². The molecule has 1 nitrogen and oxygen atoms in total. The molecule has 0 aromatic heterocycles. The molecule has 0 atom stereocenters. The van der Waals surface area contributed by atoms with E-state index in [9.17, 15) is 0 Å². The second-order valence-electron chi connectivity index (χ2n) is 7.83. The Morgan fingerprint density at radius 1 is 0.909 bits per heavy atom. The van der Waals surface area contributed by atoms with Crippen molar-refractivity contribution in [3.05, 3.63) is 11.5 Å². The van der Waals surface area contributed by atoms with E-state index in [2.05, 4.69) is 46.9 Å². The van der Waals surface area contributed by atoms with Crippen molar-refractivity contribution in [3.8, 4) is 0 Å². The van der Waals surface area contributed by atoms with Crippen LogP contribution in [-0.2, 0) is 4.43 Å². The van der Waals surface area contributed by atoms with Crippen molar-refractivity contribution in [2.45, 2.75) is 103 Å². The first-order valence-electron chi connectivity index (χ1n) is 9.82. The van der Waals surface area contributed by atoms with Crippen LogP contribution in [-0.4, -0.2) is 16.4 Å². The van der Waals surface area contributed by atoms with Crippen LogP contribution in [0.25, 0.3) is 0 Å². The number of rotatable bonds is 9. The van der Waals surface area contributed by atoms with Crippen LogP contribution in [0.3, 0.4) is 0 Å². The summed E-state index contributed by atoms with van der Waals surface area (Å²) in [5.41, 5.74) is 0. The molecule has 0 saturated heterocycles. The van der Waals surface area contributed by atoms with Crippen LogP contribution in [0.1, 0.15) is 66.2 Å². The van der Waals surface area contributed by atoms with Gasteiger partial charge in [0.1, 0.15) is 8.07 Å². The molecular weight excluding hydrogens is 300 g/mol. The Bertz CT molecular complexity index is 337. The van der Waals surface area contributed by atoms with Crippen molar-refractivity contribution in [2.75, 3.05) is 0 Å². The van der Waals surface area contributed by atoms with Crippen LogP contribution in [0.4, 0.5) is 0 Å². The minimum atomic E-state index is -1.52. The van der Waals surface area contributed by atoms with E-state index in [4.69, 9.17) is 4.43 Å². The summed E-state index contributed by atoms with van der Waals surface area (Å²) in [6.45, 7) is 14.4. The zero-order valence-corrected chi connectivity index (χ0v) is 18.1. The third-order valence-corrected chi connectivity index (χ3v) is 14.9. The molecule has 0 aromatic rings. The van der Waals surface area contributed by atoms with Gasteiger partial charge >= 0.3 is 0 Å². The highest BCUT2D eigenvalue weighted by molar-refractivity contribution is 6.86. The molecule has 0 spiro atoms. The first-order chi connectivity index (χ1) is 10.4. The lowest BCUT2D eigenvalue weighted by molar-refractivity contribution is 0.356. The summed E-state index contributed by atoms with van der Waals surface area (Å²) >= 11 is 0. The van der Waals surface area contributed by atoms with Crippen LogP contribution in [0, 0.1) is 5.92 Å². The predicted molar refractivity (Wildman–Crippen MR) is 106 cm³/mol. The quantitative estimate of drug-likeness (QED) is 0.320. The van der Waals surface area contributed by atoms with Crippen molar-refractivity contribution in [1.29, 1.82) is 0 Å². The molecule has 1 fully saturated rings. The third-order valence-electron chi connectivity index (χ3n) is 6.37. The van der Waals surface area contributed by atoms with Crippen molar-refractivity contribution in [1.82, 2.24) is 0 Å². The second kappa shape index (κ2) is 9.31. The molecule has 1 aliphatic carbocycles. The highest BCUT2D eigenvalue weighted by Crippen LogP contribution is 2.33. The zero-order valence-electron chi connectivity index (χ0n) is 16.1. The van der Waals surface area contributed by atoms with E-state index in [1.807, 2.05) is 0 Å². The number of allylic oxidation sites excluding steroid dienone is 1. The van der Waals surface area contributed by atoms with Crippen molar-refractivity contribution in [3.63, 3.8) is 0 Å². The number of hydrogen-bond acceptors (Lipinski definition) is 1. The highest BCUT2D eigenvalue weighted by atomic mass is 28.4. The van der Waals surface area contributed by atoms with E-state index in [-0.39, 0.29) is 0 Å². The monoisotopic (exact) mass is 340 g/mol. The van der Waals surface area contributed by atoms with Gasteiger partial charge in [0.25, 0.3) is 0 Å². The zero-order chi connectivity index (χ0) is 16.6. The average Bonchev–Trinajstić information content (AvgIpc) is 2.58. The third kappa shape index (κ3) is 5.56. The maximum absolute atomic E-state index is 6.84. The van der Waals surface area contributed by atoms with Gasteiger partial charge in [-0.25, -0.2) is 0 Å². The van der Waals surface area contributed by atoms with Crippen LogP contribution >= 0.6 is 0 Å². The largest absolute Gasteiger partial charge is 0.551 e. The first-order valence-corrected chi connectivity index (χ1v) is 15.6. The van der Waals surface area contributed by atoms with Crippen molar-refractivity contribution < 1.29 is 4.43 Å². The minimum Gasteiger partial charge on any atom is -0.551 e. The molecule has 0 bridgehead atoms. The summed E-state index contributed by atoms with van der Waals surface area (Å²) in [6, 6.07) is 5.11. The van der Waals surface area contributed by atoms with E-state index in [1.54, 1.807) is 0 Å². The summed E-state index contributed by atoms with van der Waals surface area (Å²) in [7, 11) is -2.90. The topological polar surface area (TPSA) is 9.23 Å². The Hall–Kier alpha value is -0.0262. The Morgan fingerprint density at radius 3 is 1.91 bits per heavy atom. The molecule has 1 rings (SSSR count). The molecule has 0 unspecified atom stereocenters. The maximum Gasteiger partial charge on any atom is 0.246 e. The lowest BCUT2D eigenvalue weighted by Gasteiger charge is -2.36. The first kappa shape index (κ1) is 20.0. The molecule has 1 aliphatic rings. The average molecular weight is 341 g/mol. The summed E-state index contributed by atoms with van der Waals surface area (Å²) in [6.07, 6.45) is 11.1. The van der Waals surface area contributed by atoms with E-state index >= 15 is 0 Å². The molecule has 0 aromatic carbocycles. The van der Waals surface area contributed by atoms with E-state index in [0.717, 1.165) is 5.92 Å². The minimum absolute atomic E-state index is 0.926. The summed E-state index contributed by atoms with van der Waals surface area (Å²) in [5, 5.41) is 1.47. The summed E-state index contributed by atoms with van der Waals surface area (Å²) < 4.78 is 6.84. The standard InChI is InChI=1S/C19H40OSi2/c1-7-21(5,8-2)19(20-22(6,9-3)10-4)17-16-18-14-12-11-13-15-18/h17-18H,7-16H2,1-6H3/b19-17+. The van der Waals surface area contributed by atoms with Gasteiger partial charge < -0.3 is 4.43 Å². The van der Waals surface area contributed by atoms with Crippen LogP contribution in [0.2, 0.25) is 37.3 Å². The van der Waals surface area contributed by atoms with Gasteiger partial charge in [0.15, 0.2) is 0 Å². The summed E-state index contributed by atoms with van der Waals surface area (Å²) in [4.78, 5) is 0. The lowest BCUT2D eigenvalue weighted by Crippen LogP contribution is -2.41.